The van der Waals surface area contributed by atoms with E-state index in [2.05, 4.69) is 10.6 Å². The maximum absolute atomic E-state index is 12.4. The number of benzene rings is 1. The number of nitro benzene ring substituents is 1. The van der Waals surface area contributed by atoms with E-state index in [0.717, 1.165) is 12.8 Å². The van der Waals surface area contributed by atoms with Gasteiger partial charge >= 0.3 is 6.03 Å². The number of urea groups is 1. The number of amides is 2. The second kappa shape index (κ2) is 9.19. The van der Waals surface area contributed by atoms with Gasteiger partial charge in [-0.25, -0.2) is 4.79 Å². The summed E-state index contributed by atoms with van der Waals surface area (Å²) < 4.78 is 0. The normalized spacial score (nSPS) is 18.4. The van der Waals surface area contributed by atoms with Crippen molar-refractivity contribution >= 4 is 29.8 Å². The number of halogens is 1. The van der Waals surface area contributed by atoms with Gasteiger partial charge in [0, 0.05) is 42.5 Å². The highest BCUT2D eigenvalue weighted by molar-refractivity contribution is 5.89. The molecule has 3 rings (SSSR count). The van der Waals surface area contributed by atoms with E-state index in [1.54, 1.807) is 24.0 Å². The van der Waals surface area contributed by atoms with E-state index in [4.69, 9.17) is 0 Å². The third-order valence-electron chi connectivity index (χ3n) is 5.27. The average molecular weight is 383 g/mol. The van der Waals surface area contributed by atoms with Crippen LogP contribution in [0.3, 0.4) is 0 Å². The molecule has 0 bridgehead atoms. The van der Waals surface area contributed by atoms with Crippen LogP contribution in [0.25, 0.3) is 0 Å². The molecule has 2 fully saturated rings. The van der Waals surface area contributed by atoms with Crippen molar-refractivity contribution in [3.8, 4) is 0 Å². The molecule has 144 valence electrons. The minimum atomic E-state index is -0.425. The first-order valence-corrected chi connectivity index (χ1v) is 9.10. The van der Waals surface area contributed by atoms with Gasteiger partial charge in [-0.15, -0.1) is 12.4 Å². The number of hydrogen-bond acceptors (Lipinski definition) is 4. The maximum atomic E-state index is 12.4. The van der Waals surface area contributed by atoms with Crippen LogP contribution in [0.4, 0.5) is 16.2 Å². The Bertz CT molecular complexity index is 641. The molecule has 8 heteroatoms. The Labute approximate surface area is 160 Å². The van der Waals surface area contributed by atoms with Gasteiger partial charge in [-0.05, 0) is 38.7 Å². The zero-order valence-electron chi connectivity index (χ0n) is 15.1. The molecule has 2 N–H and O–H groups in total. The number of rotatable bonds is 4. The minimum absolute atomic E-state index is 0. The monoisotopic (exact) mass is 382 g/mol. The first-order valence-electron chi connectivity index (χ1n) is 9.10. The Kier molecular flexibility index (Phi) is 7.23. The van der Waals surface area contributed by atoms with Crippen molar-refractivity contribution in [1.29, 1.82) is 0 Å². The molecule has 0 atom stereocenters. The van der Waals surface area contributed by atoms with E-state index in [0.29, 0.717) is 36.4 Å². The molecule has 2 amide bonds. The predicted octanol–water partition coefficient (Wildman–Crippen LogP) is 3.85. The SMILES string of the molecule is Cc1ccc(NC(=O)N2CCC(NC3CCCC3)CC2)cc1[N+](=O)[O-].Cl. The predicted molar refractivity (Wildman–Crippen MR) is 104 cm³/mol. The summed E-state index contributed by atoms with van der Waals surface area (Å²) in [7, 11) is 0. The van der Waals surface area contributed by atoms with Gasteiger partial charge in [0.25, 0.3) is 5.69 Å². The molecule has 1 heterocycles. The number of nitro groups is 1. The minimum Gasteiger partial charge on any atom is -0.324 e. The molecule has 1 aromatic carbocycles. The highest BCUT2D eigenvalue weighted by Crippen LogP contribution is 2.23. The highest BCUT2D eigenvalue weighted by Gasteiger charge is 2.26. The smallest absolute Gasteiger partial charge is 0.321 e. The van der Waals surface area contributed by atoms with Crippen molar-refractivity contribution in [2.75, 3.05) is 18.4 Å². The second-order valence-electron chi connectivity index (χ2n) is 7.10. The van der Waals surface area contributed by atoms with Crippen LogP contribution in [0.2, 0.25) is 0 Å². The third kappa shape index (κ3) is 5.08. The van der Waals surface area contributed by atoms with Crippen LogP contribution in [0.15, 0.2) is 18.2 Å². The lowest BCUT2D eigenvalue weighted by Crippen LogP contribution is -2.48. The van der Waals surface area contributed by atoms with Crippen molar-refractivity contribution in [2.24, 2.45) is 0 Å². The Morgan fingerprint density at radius 3 is 2.38 bits per heavy atom. The Morgan fingerprint density at radius 1 is 1.15 bits per heavy atom. The summed E-state index contributed by atoms with van der Waals surface area (Å²) in [6, 6.07) is 5.74. The summed E-state index contributed by atoms with van der Waals surface area (Å²) >= 11 is 0. The molecule has 0 aromatic heterocycles. The van der Waals surface area contributed by atoms with Crippen LogP contribution in [0.5, 0.6) is 0 Å². The van der Waals surface area contributed by atoms with Crippen molar-refractivity contribution in [3.05, 3.63) is 33.9 Å². The number of hydrogen-bond donors (Lipinski definition) is 2. The molecule has 2 aliphatic rings. The lowest BCUT2D eigenvalue weighted by molar-refractivity contribution is -0.385. The number of likely N-dealkylation sites (tertiary alicyclic amines) is 1. The van der Waals surface area contributed by atoms with E-state index in [1.165, 1.54) is 31.7 Å². The highest BCUT2D eigenvalue weighted by atomic mass is 35.5. The summed E-state index contributed by atoms with van der Waals surface area (Å²) in [6.45, 7) is 3.11. The van der Waals surface area contributed by atoms with Gasteiger partial charge in [-0.3, -0.25) is 10.1 Å². The average Bonchev–Trinajstić information content (AvgIpc) is 3.10. The molecule has 1 saturated heterocycles. The van der Waals surface area contributed by atoms with Crippen molar-refractivity contribution in [1.82, 2.24) is 10.2 Å². The molecule has 0 radical (unpaired) electrons. The molecule has 0 unspecified atom stereocenters. The molecule has 1 aliphatic carbocycles. The Hall–Kier alpha value is -1.86. The molecule has 7 nitrogen and oxygen atoms in total. The number of nitrogens with one attached hydrogen (secondary N) is 2. The zero-order valence-corrected chi connectivity index (χ0v) is 15.9. The number of anilines is 1. The Balaban J connectivity index is 0.00000243. The number of carbonyl (C=O) groups excluding carboxylic acids is 1. The van der Waals surface area contributed by atoms with Gasteiger partial charge in [-0.1, -0.05) is 18.9 Å². The van der Waals surface area contributed by atoms with Crippen LogP contribution in [0.1, 0.15) is 44.1 Å². The molecular formula is C18H27ClN4O3. The van der Waals surface area contributed by atoms with Crippen molar-refractivity contribution in [2.45, 2.75) is 57.5 Å². The lowest BCUT2D eigenvalue weighted by atomic mass is 10.0. The maximum Gasteiger partial charge on any atom is 0.321 e. The summed E-state index contributed by atoms with van der Waals surface area (Å²) in [6.07, 6.45) is 7.10. The van der Waals surface area contributed by atoms with Gasteiger partial charge in [0.2, 0.25) is 0 Å². The van der Waals surface area contributed by atoms with Crippen molar-refractivity contribution in [3.63, 3.8) is 0 Å². The van der Waals surface area contributed by atoms with Crippen molar-refractivity contribution < 1.29 is 9.72 Å². The van der Waals surface area contributed by atoms with Crippen LogP contribution < -0.4 is 10.6 Å². The number of aryl methyl sites for hydroxylation is 1. The van der Waals surface area contributed by atoms with Crippen LogP contribution in [-0.4, -0.2) is 41.0 Å². The summed E-state index contributed by atoms with van der Waals surface area (Å²) in [5.41, 5.74) is 1.08. The first kappa shape index (κ1) is 20.5. The summed E-state index contributed by atoms with van der Waals surface area (Å²) in [5.74, 6) is 0. The number of nitrogens with zero attached hydrogens (tertiary/aromatic N) is 2. The number of piperidine rings is 1. The number of carbonyl (C=O) groups is 1. The molecule has 0 spiro atoms. The van der Waals surface area contributed by atoms with Gasteiger partial charge in [-0.2, -0.15) is 0 Å². The molecule has 1 aromatic rings. The second-order valence-corrected chi connectivity index (χ2v) is 7.10. The van der Waals surface area contributed by atoms with E-state index in [1.807, 2.05) is 0 Å². The van der Waals surface area contributed by atoms with E-state index in [-0.39, 0.29) is 24.1 Å². The topological polar surface area (TPSA) is 87.5 Å². The zero-order chi connectivity index (χ0) is 17.8. The van der Waals surface area contributed by atoms with E-state index in [9.17, 15) is 14.9 Å². The Morgan fingerprint density at radius 2 is 1.77 bits per heavy atom. The molecular weight excluding hydrogens is 356 g/mol. The fourth-order valence-corrected chi connectivity index (χ4v) is 3.76. The summed E-state index contributed by atoms with van der Waals surface area (Å²) in [4.78, 5) is 24.8. The van der Waals surface area contributed by atoms with Gasteiger partial charge in [0.05, 0.1) is 4.92 Å². The molecule has 26 heavy (non-hydrogen) atoms. The van der Waals surface area contributed by atoms with Gasteiger partial charge in [0.15, 0.2) is 0 Å². The molecule has 1 saturated carbocycles. The van der Waals surface area contributed by atoms with E-state index >= 15 is 0 Å². The van der Waals surface area contributed by atoms with Crippen LogP contribution in [-0.2, 0) is 0 Å². The fourth-order valence-electron chi connectivity index (χ4n) is 3.76. The van der Waals surface area contributed by atoms with Gasteiger partial charge in [0.1, 0.15) is 0 Å². The first-order chi connectivity index (χ1) is 12.0. The van der Waals surface area contributed by atoms with E-state index < -0.39 is 4.92 Å². The van der Waals surface area contributed by atoms with Crippen LogP contribution in [0, 0.1) is 17.0 Å². The third-order valence-corrected chi connectivity index (χ3v) is 5.27. The van der Waals surface area contributed by atoms with Crippen LogP contribution >= 0.6 is 12.4 Å². The summed E-state index contributed by atoms with van der Waals surface area (Å²) in [5, 5.41) is 17.5. The largest absolute Gasteiger partial charge is 0.324 e. The lowest BCUT2D eigenvalue weighted by Gasteiger charge is -2.34. The molecule has 1 aliphatic heterocycles. The quantitative estimate of drug-likeness (QED) is 0.611. The standard InChI is InChI=1S/C18H26N4O3.ClH/c1-13-6-7-16(12-17(13)22(24)25)20-18(23)21-10-8-15(9-11-21)19-14-4-2-3-5-14;/h6-7,12,14-15,19H,2-5,8-11H2,1H3,(H,20,23);1H. The van der Waals surface area contributed by atoms with Gasteiger partial charge < -0.3 is 15.5 Å². The fraction of sp³-hybridized carbons (Fsp3) is 0.611.